The van der Waals surface area contributed by atoms with Gasteiger partial charge < -0.3 is 5.73 Å². The van der Waals surface area contributed by atoms with Crippen molar-refractivity contribution in [3.8, 4) is 0 Å². The largest absolute Gasteiger partial charge is 0.401 e. The molecular formula is C12H18F3N3. The summed E-state index contributed by atoms with van der Waals surface area (Å²) in [5, 5.41) is 0. The SMILES string of the molecule is CCN(CC(F)(F)F)C(c1ccncc1)C(C)N. The minimum Gasteiger partial charge on any atom is -0.326 e. The predicted octanol–water partition coefficient (Wildman–Crippen LogP) is 2.35. The summed E-state index contributed by atoms with van der Waals surface area (Å²) in [6.07, 6.45) is -1.10. The standard InChI is InChI=1S/C12H18F3N3/c1-3-18(8-12(13,14)15)11(9(2)16)10-4-6-17-7-5-10/h4-7,9,11H,3,8,16H2,1-2H3. The van der Waals surface area contributed by atoms with Crippen molar-refractivity contribution in [1.29, 1.82) is 0 Å². The fourth-order valence-electron chi connectivity index (χ4n) is 2.04. The topological polar surface area (TPSA) is 42.2 Å². The van der Waals surface area contributed by atoms with Crippen LogP contribution in [0.2, 0.25) is 0 Å². The van der Waals surface area contributed by atoms with Crippen LogP contribution >= 0.6 is 0 Å². The number of rotatable bonds is 5. The van der Waals surface area contributed by atoms with Gasteiger partial charge >= 0.3 is 6.18 Å². The Hall–Kier alpha value is -1.14. The van der Waals surface area contributed by atoms with Crippen LogP contribution in [0, 0.1) is 0 Å². The Morgan fingerprint density at radius 3 is 2.28 bits per heavy atom. The molecule has 0 aliphatic rings. The summed E-state index contributed by atoms with van der Waals surface area (Å²) in [7, 11) is 0. The van der Waals surface area contributed by atoms with Crippen molar-refractivity contribution >= 4 is 0 Å². The van der Waals surface area contributed by atoms with Crippen molar-refractivity contribution in [2.24, 2.45) is 5.73 Å². The van der Waals surface area contributed by atoms with E-state index in [0.717, 1.165) is 5.56 Å². The van der Waals surface area contributed by atoms with Gasteiger partial charge in [-0.2, -0.15) is 13.2 Å². The first-order chi connectivity index (χ1) is 8.35. The predicted molar refractivity (Wildman–Crippen MR) is 63.9 cm³/mol. The van der Waals surface area contributed by atoms with Gasteiger partial charge in [-0.1, -0.05) is 6.92 Å². The molecule has 0 fully saturated rings. The number of nitrogens with two attached hydrogens (primary N) is 1. The summed E-state index contributed by atoms with van der Waals surface area (Å²) in [5.74, 6) is 0. The van der Waals surface area contributed by atoms with E-state index in [1.54, 1.807) is 38.4 Å². The molecule has 0 aromatic carbocycles. The zero-order valence-electron chi connectivity index (χ0n) is 10.5. The van der Waals surface area contributed by atoms with Gasteiger partial charge in [0.1, 0.15) is 0 Å². The molecule has 6 heteroatoms. The first-order valence-electron chi connectivity index (χ1n) is 5.81. The molecule has 3 nitrogen and oxygen atoms in total. The van der Waals surface area contributed by atoms with Gasteiger partial charge in [-0.05, 0) is 31.2 Å². The molecular weight excluding hydrogens is 243 g/mol. The van der Waals surface area contributed by atoms with Gasteiger partial charge in [0.05, 0.1) is 12.6 Å². The van der Waals surface area contributed by atoms with Crippen molar-refractivity contribution in [2.45, 2.75) is 32.1 Å². The first kappa shape index (κ1) is 14.9. The highest BCUT2D eigenvalue weighted by molar-refractivity contribution is 5.17. The molecule has 1 rings (SSSR count). The molecule has 1 aromatic rings. The van der Waals surface area contributed by atoms with Crippen molar-refractivity contribution in [2.75, 3.05) is 13.1 Å². The minimum atomic E-state index is -4.23. The zero-order chi connectivity index (χ0) is 13.8. The normalized spacial score (nSPS) is 15.7. The molecule has 0 bridgehead atoms. The Kier molecular flexibility index (Phi) is 5.10. The molecule has 18 heavy (non-hydrogen) atoms. The fraction of sp³-hybridized carbons (Fsp3) is 0.583. The monoisotopic (exact) mass is 261 g/mol. The molecule has 1 aromatic heterocycles. The fourth-order valence-corrected chi connectivity index (χ4v) is 2.04. The summed E-state index contributed by atoms with van der Waals surface area (Å²) in [5.41, 5.74) is 6.59. The second-order valence-electron chi connectivity index (χ2n) is 4.26. The number of halogens is 3. The maximum Gasteiger partial charge on any atom is 0.401 e. The molecule has 0 aliphatic heterocycles. The van der Waals surface area contributed by atoms with Crippen molar-refractivity contribution in [3.05, 3.63) is 30.1 Å². The van der Waals surface area contributed by atoms with Crippen LogP contribution in [-0.2, 0) is 0 Å². The minimum absolute atomic E-state index is 0.286. The highest BCUT2D eigenvalue weighted by Crippen LogP contribution is 2.27. The summed E-state index contributed by atoms with van der Waals surface area (Å²) in [6.45, 7) is 2.73. The second-order valence-corrected chi connectivity index (χ2v) is 4.26. The lowest BCUT2D eigenvalue weighted by Crippen LogP contribution is -2.43. The molecule has 2 atom stereocenters. The Bertz CT molecular complexity index is 351. The molecule has 0 amide bonds. The first-order valence-corrected chi connectivity index (χ1v) is 5.81. The van der Waals surface area contributed by atoms with Crippen LogP contribution in [0.1, 0.15) is 25.5 Å². The quantitative estimate of drug-likeness (QED) is 0.884. The van der Waals surface area contributed by atoms with Crippen LogP contribution in [0.25, 0.3) is 0 Å². The summed E-state index contributed by atoms with van der Waals surface area (Å²) in [6, 6.07) is 2.55. The van der Waals surface area contributed by atoms with Gasteiger partial charge in [0.15, 0.2) is 0 Å². The highest BCUT2D eigenvalue weighted by Gasteiger charge is 2.34. The Morgan fingerprint density at radius 1 is 1.33 bits per heavy atom. The van der Waals surface area contributed by atoms with Gasteiger partial charge in [0.2, 0.25) is 0 Å². The van der Waals surface area contributed by atoms with Gasteiger partial charge in [-0.25, -0.2) is 0 Å². The summed E-state index contributed by atoms with van der Waals surface area (Å²) >= 11 is 0. The van der Waals surface area contributed by atoms with Crippen LogP contribution in [0.3, 0.4) is 0 Å². The molecule has 0 saturated heterocycles. The lowest BCUT2D eigenvalue weighted by atomic mass is 10.0. The van der Waals surface area contributed by atoms with E-state index in [-0.39, 0.29) is 6.54 Å². The van der Waals surface area contributed by atoms with Gasteiger partial charge in [0.25, 0.3) is 0 Å². The maximum absolute atomic E-state index is 12.5. The highest BCUT2D eigenvalue weighted by atomic mass is 19.4. The van der Waals surface area contributed by atoms with E-state index in [9.17, 15) is 13.2 Å². The van der Waals surface area contributed by atoms with Crippen molar-refractivity contribution in [1.82, 2.24) is 9.88 Å². The molecule has 0 radical (unpaired) electrons. The van der Waals surface area contributed by atoms with Crippen molar-refractivity contribution in [3.63, 3.8) is 0 Å². The van der Waals surface area contributed by atoms with Gasteiger partial charge in [-0.15, -0.1) is 0 Å². The zero-order valence-corrected chi connectivity index (χ0v) is 10.5. The molecule has 0 aliphatic carbocycles. The Morgan fingerprint density at radius 2 is 1.89 bits per heavy atom. The number of alkyl halides is 3. The average Bonchev–Trinajstić information content (AvgIpc) is 2.27. The van der Waals surface area contributed by atoms with Crippen LogP contribution in [-0.4, -0.2) is 35.2 Å². The van der Waals surface area contributed by atoms with Crippen LogP contribution in [0.5, 0.6) is 0 Å². The van der Waals surface area contributed by atoms with E-state index in [4.69, 9.17) is 5.73 Å². The van der Waals surface area contributed by atoms with E-state index in [0.29, 0.717) is 0 Å². The number of aromatic nitrogens is 1. The summed E-state index contributed by atoms with van der Waals surface area (Å²) in [4.78, 5) is 5.20. The van der Waals surface area contributed by atoms with Crippen molar-refractivity contribution < 1.29 is 13.2 Å². The number of hydrogen-bond donors (Lipinski definition) is 1. The van der Waals surface area contributed by atoms with Gasteiger partial charge in [-0.3, -0.25) is 9.88 Å². The molecule has 2 unspecified atom stereocenters. The van der Waals surface area contributed by atoms with E-state index in [1.807, 2.05) is 0 Å². The third-order valence-electron chi connectivity index (χ3n) is 2.73. The smallest absolute Gasteiger partial charge is 0.326 e. The van der Waals surface area contributed by atoms with E-state index in [2.05, 4.69) is 4.98 Å². The van der Waals surface area contributed by atoms with E-state index in [1.165, 1.54) is 4.90 Å². The number of likely N-dealkylation sites (N-methyl/N-ethyl adjacent to an activating group) is 1. The van der Waals surface area contributed by atoms with E-state index < -0.39 is 24.8 Å². The van der Waals surface area contributed by atoms with Crippen LogP contribution in [0.15, 0.2) is 24.5 Å². The second kappa shape index (κ2) is 6.15. The molecule has 1 heterocycles. The summed E-state index contributed by atoms with van der Waals surface area (Å²) < 4.78 is 37.6. The Labute approximate surface area is 105 Å². The van der Waals surface area contributed by atoms with Crippen LogP contribution in [0.4, 0.5) is 13.2 Å². The van der Waals surface area contributed by atoms with Gasteiger partial charge in [0, 0.05) is 18.4 Å². The Balaban J connectivity index is 2.96. The molecule has 2 N–H and O–H groups in total. The number of nitrogens with zero attached hydrogens (tertiary/aromatic N) is 2. The molecule has 102 valence electrons. The number of pyridine rings is 1. The lowest BCUT2D eigenvalue weighted by molar-refractivity contribution is -0.151. The maximum atomic E-state index is 12.5. The molecule has 0 spiro atoms. The van der Waals surface area contributed by atoms with Crippen LogP contribution < -0.4 is 5.73 Å². The van der Waals surface area contributed by atoms with E-state index >= 15 is 0 Å². The average molecular weight is 261 g/mol. The lowest BCUT2D eigenvalue weighted by Gasteiger charge is -2.34. The molecule has 0 saturated carbocycles. The number of hydrogen-bond acceptors (Lipinski definition) is 3. The third kappa shape index (κ3) is 4.27. The third-order valence-corrected chi connectivity index (χ3v) is 2.73.